The predicted octanol–water partition coefficient (Wildman–Crippen LogP) is 4.60. The average Bonchev–Trinajstić information content (AvgIpc) is 3.17. The van der Waals surface area contributed by atoms with Crippen molar-refractivity contribution in [1.29, 1.82) is 0 Å². The summed E-state index contributed by atoms with van der Waals surface area (Å²) in [7, 11) is 1.26. The monoisotopic (exact) mass is 524 g/mol. The maximum absolute atomic E-state index is 12.4. The van der Waals surface area contributed by atoms with Crippen molar-refractivity contribution >= 4 is 56.9 Å². The van der Waals surface area contributed by atoms with Crippen molar-refractivity contribution in [2.24, 2.45) is 0 Å². The lowest BCUT2D eigenvalue weighted by Gasteiger charge is -2.10. The van der Waals surface area contributed by atoms with Crippen LogP contribution < -0.4 is 5.32 Å². The topological polar surface area (TPSA) is 106 Å². The second-order valence-corrected chi connectivity index (χ2v) is 8.50. The normalized spacial score (nSPS) is 10.7. The molecule has 3 rings (SSSR count). The molecule has 2 aromatic carbocycles. The van der Waals surface area contributed by atoms with Gasteiger partial charge in [0.2, 0.25) is 5.91 Å². The van der Waals surface area contributed by atoms with Gasteiger partial charge in [-0.25, -0.2) is 4.79 Å². The van der Waals surface area contributed by atoms with Crippen molar-refractivity contribution in [1.82, 2.24) is 14.8 Å². The second-order valence-electron chi connectivity index (χ2n) is 6.23. The van der Waals surface area contributed by atoms with E-state index in [9.17, 15) is 14.7 Å². The number of phenols is 1. The molecule has 0 bridgehead atoms. The number of halogens is 2. The van der Waals surface area contributed by atoms with E-state index in [0.717, 1.165) is 4.47 Å². The summed E-state index contributed by atoms with van der Waals surface area (Å²) in [6, 6.07) is 9.63. The Morgan fingerprint density at radius 1 is 1.26 bits per heavy atom. The lowest BCUT2D eigenvalue weighted by molar-refractivity contribution is -0.113. The third-order valence-corrected chi connectivity index (χ3v) is 6.01. The van der Waals surface area contributed by atoms with Gasteiger partial charge in [0.15, 0.2) is 11.0 Å². The summed E-state index contributed by atoms with van der Waals surface area (Å²) in [5.41, 5.74) is 1.13. The molecule has 3 aromatic rings. The molecule has 2 N–H and O–H groups in total. The molecule has 0 fully saturated rings. The molecule has 31 heavy (non-hydrogen) atoms. The van der Waals surface area contributed by atoms with Gasteiger partial charge < -0.3 is 19.7 Å². The fourth-order valence-corrected chi connectivity index (χ4v) is 4.12. The largest absolute Gasteiger partial charge is 0.507 e. The number of methoxy groups -OCH3 is 1. The van der Waals surface area contributed by atoms with Crippen molar-refractivity contribution in [3.05, 3.63) is 51.5 Å². The van der Waals surface area contributed by atoms with E-state index < -0.39 is 5.97 Å². The molecule has 0 unspecified atom stereocenters. The van der Waals surface area contributed by atoms with Crippen LogP contribution in [-0.4, -0.2) is 44.6 Å². The minimum Gasteiger partial charge on any atom is -0.507 e. The lowest BCUT2D eigenvalue weighted by Crippen LogP contribution is -2.15. The van der Waals surface area contributed by atoms with E-state index in [1.807, 2.05) is 11.5 Å². The van der Waals surface area contributed by atoms with E-state index in [2.05, 4.69) is 36.2 Å². The molecule has 8 nitrogen and oxygen atoms in total. The number of benzene rings is 2. The van der Waals surface area contributed by atoms with Crippen molar-refractivity contribution in [2.75, 3.05) is 18.2 Å². The highest BCUT2D eigenvalue weighted by Crippen LogP contribution is 2.32. The summed E-state index contributed by atoms with van der Waals surface area (Å²) in [5, 5.41) is 22.0. The van der Waals surface area contributed by atoms with Crippen molar-refractivity contribution in [3.8, 4) is 17.1 Å². The van der Waals surface area contributed by atoms with Crippen molar-refractivity contribution < 1.29 is 19.4 Å². The molecule has 1 amide bonds. The highest BCUT2D eigenvalue weighted by atomic mass is 79.9. The van der Waals surface area contributed by atoms with E-state index in [4.69, 9.17) is 11.6 Å². The molecule has 1 aromatic heterocycles. The highest BCUT2D eigenvalue weighted by Gasteiger charge is 2.18. The number of ether oxygens (including phenoxy) is 1. The fourth-order valence-electron chi connectivity index (χ4n) is 2.76. The quantitative estimate of drug-likeness (QED) is 0.343. The maximum Gasteiger partial charge on any atom is 0.339 e. The number of carbonyl (C=O) groups excluding carboxylic acids is 2. The van der Waals surface area contributed by atoms with Crippen LogP contribution in [0.4, 0.5) is 5.69 Å². The van der Waals surface area contributed by atoms with Crippen LogP contribution in [0.25, 0.3) is 11.4 Å². The number of hydrogen-bond acceptors (Lipinski definition) is 7. The smallest absolute Gasteiger partial charge is 0.339 e. The minimum absolute atomic E-state index is 0.0682. The summed E-state index contributed by atoms with van der Waals surface area (Å²) in [6.45, 7) is 2.48. The Morgan fingerprint density at radius 3 is 2.74 bits per heavy atom. The molecule has 0 aliphatic carbocycles. The molecule has 0 spiro atoms. The molecule has 0 atom stereocenters. The van der Waals surface area contributed by atoms with Gasteiger partial charge in [-0.1, -0.05) is 39.3 Å². The second kappa shape index (κ2) is 10.2. The van der Waals surface area contributed by atoms with Gasteiger partial charge in [0.25, 0.3) is 0 Å². The van der Waals surface area contributed by atoms with Gasteiger partial charge in [0.05, 0.1) is 29.0 Å². The van der Waals surface area contributed by atoms with Crippen LogP contribution in [0.2, 0.25) is 5.02 Å². The molecule has 1 heterocycles. The van der Waals surface area contributed by atoms with E-state index in [-0.39, 0.29) is 28.0 Å². The first-order valence-corrected chi connectivity index (χ1v) is 11.2. The zero-order chi connectivity index (χ0) is 22.5. The van der Waals surface area contributed by atoms with Gasteiger partial charge in [0.1, 0.15) is 5.75 Å². The first-order chi connectivity index (χ1) is 14.8. The van der Waals surface area contributed by atoms with Gasteiger partial charge in [0, 0.05) is 16.7 Å². The Labute approximate surface area is 196 Å². The van der Waals surface area contributed by atoms with Gasteiger partial charge >= 0.3 is 5.97 Å². The summed E-state index contributed by atoms with van der Waals surface area (Å²) < 4.78 is 7.30. The zero-order valence-corrected chi connectivity index (χ0v) is 19.7. The molecule has 162 valence electrons. The molecule has 11 heteroatoms. The standard InChI is InChI=1S/C20H18BrClN4O4S/c1-3-26-18(14-8-11(21)4-7-16(14)27)24-25-20(26)31-10-17(28)23-12-5-6-15(22)13(9-12)19(29)30-2/h4-9,27H,3,10H2,1-2H3,(H,23,28). The van der Waals surface area contributed by atoms with Gasteiger partial charge in [-0.05, 0) is 43.3 Å². The number of aromatic nitrogens is 3. The summed E-state index contributed by atoms with van der Waals surface area (Å²) in [4.78, 5) is 24.2. The Kier molecular flexibility index (Phi) is 7.58. The van der Waals surface area contributed by atoms with Crippen LogP contribution in [-0.2, 0) is 16.1 Å². The number of phenolic OH excluding ortho intramolecular Hbond substituents is 1. The van der Waals surface area contributed by atoms with Crippen molar-refractivity contribution in [3.63, 3.8) is 0 Å². The Bertz CT molecular complexity index is 1140. The van der Waals surface area contributed by atoms with Crippen LogP contribution >= 0.6 is 39.3 Å². The SMILES string of the molecule is CCn1c(SCC(=O)Nc2ccc(Cl)c(C(=O)OC)c2)nnc1-c1cc(Br)ccc1O. The number of amides is 1. The van der Waals surface area contributed by atoms with Gasteiger partial charge in [-0.15, -0.1) is 10.2 Å². The third kappa shape index (κ3) is 5.38. The number of hydrogen-bond donors (Lipinski definition) is 2. The Balaban J connectivity index is 1.72. The highest BCUT2D eigenvalue weighted by molar-refractivity contribution is 9.10. The van der Waals surface area contributed by atoms with Gasteiger partial charge in [-0.2, -0.15) is 0 Å². The number of nitrogens with one attached hydrogen (secondary N) is 1. The minimum atomic E-state index is -0.588. The number of thioether (sulfide) groups is 1. The number of nitrogens with zero attached hydrogens (tertiary/aromatic N) is 3. The molecule has 0 aliphatic rings. The molecule has 0 aliphatic heterocycles. The first kappa shape index (κ1) is 23.1. The van der Waals surface area contributed by atoms with Gasteiger partial charge in [-0.3, -0.25) is 4.79 Å². The maximum atomic E-state index is 12.4. The molecular weight excluding hydrogens is 508 g/mol. The molecular formula is C20H18BrClN4O4S. The lowest BCUT2D eigenvalue weighted by atomic mass is 10.2. The van der Waals surface area contributed by atoms with Crippen LogP contribution in [0.1, 0.15) is 17.3 Å². The average molecular weight is 526 g/mol. The number of esters is 1. The number of aromatic hydroxyl groups is 1. The van der Waals surface area contributed by atoms with E-state index >= 15 is 0 Å². The predicted molar refractivity (Wildman–Crippen MR) is 123 cm³/mol. The molecule has 0 radical (unpaired) electrons. The third-order valence-electron chi connectivity index (χ3n) is 4.22. The Hall–Kier alpha value is -2.56. The van der Waals surface area contributed by atoms with Crippen LogP contribution in [0.5, 0.6) is 5.75 Å². The number of carbonyl (C=O) groups is 2. The fraction of sp³-hybridized carbons (Fsp3) is 0.200. The van der Waals surface area contributed by atoms with E-state index in [1.54, 1.807) is 24.3 Å². The van der Waals surface area contributed by atoms with Crippen molar-refractivity contribution in [2.45, 2.75) is 18.6 Å². The van der Waals surface area contributed by atoms with E-state index in [1.165, 1.54) is 31.0 Å². The van der Waals surface area contributed by atoms with Crippen LogP contribution in [0.3, 0.4) is 0 Å². The van der Waals surface area contributed by atoms with Crippen LogP contribution in [0, 0.1) is 0 Å². The molecule has 0 saturated heterocycles. The Morgan fingerprint density at radius 2 is 2.03 bits per heavy atom. The number of anilines is 1. The summed E-state index contributed by atoms with van der Waals surface area (Å²) in [5.74, 6) is -0.220. The number of rotatable bonds is 7. The molecule has 0 saturated carbocycles. The summed E-state index contributed by atoms with van der Waals surface area (Å²) in [6.07, 6.45) is 0. The summed E-state index contributed by atoms with van der Waals surface area (Å²) >= 11 is 10.6. The zero-order valence-electron chi connectivity index (χ0n) is 16.6. The van der Waals surface area contributed by atoms with E-state index in [0.29, 0.717) is 28.8 Å². The first-order valence-electron chi connectivity index (χ1n) is 9.06. The van der Waals surface area contributed by atoms with Crippen LogP contribution in [0.15, 0.2) is 46.0 Å².